The summed E-state index contributed by atoms with van der Waals surface area (Å²) in [5, 5.41) is 10.7. The molecule has 0 aliphatic rings. The SMILES string of the molecule is COCCOc1cc2ncnc(SC)c2cc1OCCO. The van der Waals surface area contributed by atoms with Crippen molar-refractivity contribution in [3.63, 3.8) is 0 Å². The summed E-state index contributed by atoms with van der Waals surface area (Å²) in [4.78, 5) is 8.50. The van der Waals surface area contributed by atoms with Gasteiger partial charge in [0.05, 0.1) is 18.7 Å². The van der Waals surface area contributed by atoms with E-state index < -0.39 is 0 Å². The van der Waals surface area contributed by atoms with Crippen molar-refractivity contribution in [3.05, 3.63) is 18.5 Å². The Bertz CT molecular complexity index is 594. The zero-order valence-corrected chi connectivity index (χ0v) is 12.9. The minimum absolute atomic E-state index is 0.0593. The van der Waals surface area contributed by atoms with Gasteiger partial charge >= 0.3 is 0 Å². The van der Waals surface area contributed by atoms with Crippen molar-refractivity contribution in [3.8, 4) is 11.5 Å². The van der Waals surface area contributed by atoms with E-state index in [0.29, 0.717) is 24.7 Å². The second-order valence-electron chi connectivity index (χ2n) is 4.11. The van der Waals surface area contributed by atoms with E-state index in [1.54, 1.807) is 18.9 Å². The van der Waals surface area contributed by atoms with Crippen LogP contribution in [0.2, 0.25) is 0 Å². The van der Waals surface area contributed by atoms with Crippen LogP contribution in [0.5, 0.6) is 11.5 Å². The predicted molar refractivity (Wildman–Crippen MR) is 81.3 cm³/mol. The van der Waals surface area contributed by atoms with E-state index in [0.717, 1.165) is 15.9 Å². The summed E-state index contributed by atoms with van der Waals surface area (Å²) in [7, 11) is 1.62. The van der Waals surface area contributed by atoms with Gasteiger partial charge in [-0.05, 0) is 12.3 Å². The van der Waals surface area contributed by atoms with Gasteiger partial charge in [0.2, 0.25) is 0 Å². The maximum Gasteiger partial charge on any atom is 0.163 e. The highest BCUT2D eigenvalue weighted by Crippen LogP contribution is 2.34. The standard InChI is InChI=1S/C14H18N2O4S/c1-18-5-6-20-13-8-11-10(7-12(13)19-4-3-17)14(21-2)16-9-15-11/h7-9,17H,3-6H2,1-2H3. The second kappa shape index (κ2) is 8.02. The van der Waals surface area contributed by atoms with Crippen molar-refractivity contribution < 1.29 is 19.3 Å². The maximum absolute atomic E-state index is 8.93. The summed E-state index contributed by atoms with van der Waals surface area (Å²) in [5.41, 5.74) is 0.790. The Morgan fingerprint density at radius 3 is 2.57 bits per heavy atom. The van der Waals surface area contributed by atoms with Crippen LogP contribution in [0, 0.1) is 0 Å². The highest BCUT2D eigenvalue weighted by molar-refractivity contribution is 7.98. The lowest BCUT2D eigenvalue weighted by molar-refractivity contribution is 0.141. The summed E-state index contributed by atoms with van der Waals surface area (Å²) < 4.78 is 16.2. The molecule has 0 spiro atoms. The fourth-order valence-electron chi connectivity index (χ4n) is 1.82. The van der Waals surface area contributed by atoms with E-state index in [2.05, 4.69) is 9.97 Å². The molecule has 1 heterocycles. The number of hydrogen-bond donors (Lipinski definition) is 1. The molecule has 0 unspecified atom stereocenters. The number of aliphatic hydroxyl groups is 1. The molecular formula is C14H18N2O4S. The number of hydrogen-bond acceptors (Lipinski definition) is 7. The third kappa shape index (κ3) is 3.96. The number of aliphatic hydroxyl groups excluding tert-OH is 1. The van der Waals surface area contributed by atoms with E-state index in [9.17, 15) is 0 Å². The Morgan fingerprint density at radius 1 is 1.10 bits per heavy atom. The second-order valence-corrected chi connectivity index (χ2v) is 4.91. The summed E-state index contributed by atoms with van der Waals surface area (Å²) in [6.07, 6.45) is 3.49. The summed E-state index contributed by atoms with van der Waals surface area (Å²) in [5.74, 6) is 1.15. The molecule has 0 fully saturated rings. The number of fused-ring (bicyclic) bond motifs is 1. The van der Waals surface area contributed by atoms with Gasteiger partial charge in [-0.2, -0.15) is 0 Å². The normalized spacial score (nSPS) is 10.8. The molecule has 2 aromatic rings. The van der Waals surface area contributed by atoms with Gasteiger partial charge in [-0.3, -0.25) is 0 Å². The van der Waals surface area contributed by atoms with Gasteiger partial charge < -0.3 is 19.3 Å². The molecule has 7 heteroatoms. The number of ether oxygens (including phenoxy) is 3. The molecule has 21 heavy (non-hydrogen) atoms. The lowest BCUT2D eigenvalue weighted by Crippen LogP contribution is -2.08. The lowest BCUT2D eigenvalue weighted by Gasteiger charge is -2.14. The number of rotatable bonds is 8. The molecule has 0 bridgehead atoms. The Morgan fingerprint density at radius 2 is 1.86 bits per heavy atom. The van der Waals surface area contributed by atoms with Gasteiger partial charge in [0.1, 0.15) is 24.6 Å². The molecule has 0 aliphatic heterocycles. The van der Waals surface area contributed by atoms with Crippen LogP contribution in [0.15, 0.2) is 23.5 Å². The van der Waals surface area contributed by atoms with Crippen molar-refractivity contribution in [1.29, 1.82) is 0 Å². The number of thioether (sulfide) groups is 1. The average molecular weight is 310 g/mol. The number of aromatic nitrogens is 2. The molecular weight excluding hydrogens is 292 g/mol. The fourth-order valence-corrected chi connectivity index (χ4v) is 2.36. The van der Waals surface area contributed by atoms with Gasteiger partial charge in [-0.25, -0.2) is 9.97 Å². The molecule has 2 rings (SSSR count). The van der Waals surface area contributed by atoms with E-state index >= 15 is 0 Å². The van der Waals surface area contributed by atoms with Crippen LogP contribution in [0.25, 0.3) is 10.9 Å². The first kappa shape index (κ1) is 15.8. The molecule has 1 aromatic carbocycles. The van der Waals surface area contributed by atoms with E-state index in [-0.39, 0.29) is 13.2 Å². The molecule has 1 N–H and O–H groups in total. The van der Waals surface area contributed by atoms with Gasteiger partial charge in [0, 0.05) is 18.6 Å². The van der Waals surface area contributed by atoms with E-state index in [1.165, 1.54) is 6.33 Å². The van der Waals surface area contributed by atoms with Crippen LogP contribution >= 0.6 is 11.8 Å². The topological polar surface area (TPSA) is 73.7 Å². The zero-order valence-electron chi connectivity index (χ0n) is 12.0. The molecule has 0 atom stereocenters. The van der Waals surface area contributed by atoms with E-state index in [1.807, 2.05) is 18.4 Å². The Kier molecular flexibility index (Phi) is 6.04. The summed E-state index contributed by atoms with van der Waals surface area (Å²) >= 11 is 1.54. The van der Waals surface area contributed by atoms with Crippen LogP contribution < -0.4 is 9.47 Å². The molecule has 0 amide bonds. The van der Waals surface area contributed by atoms with Crippen LogP contribution in [0.3, 0.4) is 0 Å². The fraction of sp³-hybridized carbons (Fsp3) is 0.429. The smallest absolute Gasteiger partial charge is 0.163 e. The maximum atomic E-state index is 8.93. The average Bonchev–Trinajstić information content (AvgIpc) is 2.52. The number of benzene rings is 1. The number of nitrogens with zero attached hydrogens (tertiary/aromatic N) is 2. The molecule has 0 saturated carbocycles. The molecule has 0 radical (unpaired) electrons. The monoisotopic (exact) mass is 310 g/mol. The van der Waals surface area contributed by atoms with E-state index in [4.69, 9.17) is 19.3 Å². The minimum atomic E-state index is -0.0593. The Hall–Kier alpha value is -1.57. The first-order chi connectivity index (χ1) is 10.3. The Labute approximate surface area is 127 Å². The lowest BCUT2D eigenvalue weighted by atomic mass is 10.2. The van der Waals surface area contributed by atoms with Gasteiger partial charge in [0.25, 0.3) is 0 Å². The van der Waals surface area contributed by atoms with Crippen molar-refractivity contribution >= 4 is 22.7 Å². The molecule has 0 saturated heterocycles. The Balaban J connectivity index is 2.38. The highest BCUT2D eigenvalue weighted by atomic mass is 32.2. The minimum Gasteiger partial charge on any atom is -0.487 e. The van der Waals surface area contributed by atoms with Crippen molar-refractivity contribution in [2.24, 2.45) is 0 Å². The highest BCUT2D eigenvalue weighted by Gasteiger charge is 2.12. The van der Waals surface area contributed by atoms with Crippen molar-refractivity contribution in [1.82, 2.24) is 9.97 Å². The summed E-state index contributed by atoms with van der Waals surface area (Å²) in [6.45, 7) is 1.04. The van der Waals surface area contributed by atoms with Crippen LogP contribution in [0.1, 0.15) is 0 Å². The third-order valence-electron chi connectivity index (χ3n) is 2.75. The van der Waals surface area contributed by atoms with Gasteiger partial charge in [-0.15, -0.1) is 11.8 Å². The van der Waals surface area contributed by atoms with Crippen molar-refractivity contribution in [2.45, 2.75) is 5.03 Å². The number of methoxy groups -OCH3 is 1. The largest absolute Gasteiger partial charge is 0.487 e. The van der Waals surface area contributed by atoms with Crippen molar-refractivity contribution in [2.75, 3.05) is 39.8 Å². The first-order valence-electron chi connectivity index (χ1n) is 6.48. The molecule has 1 aromatic heterocycles. The quantitative estimate of drug-likeness (QED) is 0.452. The van der Waals surface area contributed by atoms with Crippen LogP contribution in [0.4, 0.5) is 0 Å². The summed E-state index contributed by atoms with van der Waals surface area (Å²) in [6, 6.07) is 3.66. The van der Waals surface area contributed by atoms with Gasteiger partial charge in [0.15, 0.2) is 11.5 Å². The molecule has 6 nitrogen and oxygen atoms in total. The first-order valence-corrected chi connectivity index (χ1v) is 7.70. The van der Waals surface area contributed by atoms with Crippen LogP contribution in [-0.4, -0.2) is 54.9 Å². The predicted octanol–water partition coefficient (Wildman–Crippen LogP) is 1.75. The molecule has 114 valence electrons. The van der Waals surface area contributed by atoms with Gasteiger partial charge in [-0.1, -0.05) is 0 Å². The zero-order chi connectivity index (χ0) is 15.1. The van der Waals surface area contributed by atoms with Crippen LogP contribution in [-0.2, 0) is 4.74 Å². The third-order valence-corrected chi connectivity index (χ3v) is 3.46. The molecule has 0 aliphatic carbocycles.